The first kappa shape index (κ1) is 9.93. The molecule has 4 heteroatoms. The highest BCUT2D eigenvalue weighted by molar-refractivity contribution is 9.10. The Labute approximate surface area is 92.6 Å². The summed E-state index contributed by atoms with van der Waals surface area (Å²) >= 11 is 3.39. The zero-order valence-corrected chi connectivity index (χ0v) is 9.63. The van der Waals surface area contributed by atoms with Crippen LogP contribution in [0.3, 0.4) is 0 Å². The van der Waals surface area contributed by atoms with Gasteiger partial charge >= 0.3 is 0 Å². The Bertz CT molecular complexity index is 295. The molecule has 76 valence electrons. The molecular formula is C10H14BrN3. The first-order valence-electron chi connectivity index (χ1n) is 4.94. The Kier molecular flexibility index (Phi) is 3.37. The molecule has 1 N–H and O–H groups in total. The molecule has 1 aromatic heterocycles. The molecule has 2 rings (SSSR count). The summed E-state index contributed by atoms with van der Waals surface area (Å²) in [5.74, 6) is 1.07. The van der Waals surface area contributed by atoms with E-state index in [4.69, 9.17) is 0 Å². The van der Waals surface area contributed by atoms with Crippen LogP contribution >= 0.6 is 15.9 Å². The van der Waals surface area contributed by atoms with Crippen molar-refractivity contribution in [2.24, 2.45) is 0 Å². The number of hydrogen-bond acceptors (Lipinski definition) is 3. The Hall–Kier alpha value is -0.610. The summed E-state index contributed by atoms with van der Waals surface area (Å²) in [5.41, 5.74) is 0. The average molecular weight is 256 g/mol. The van der Waals surface area contributed by atoms with Crippen LogP contribution in [-0.4, -0.2) is 31.2 Å². The van der Waals surface area contributed by atoms with Crippen LogP contribution in [0.15, 0.2) is 22.8 Å². The topological polar surface area (TPSA) is 28.2 Å². The fraction of sp³-hybridized carbons (Fsp3) is 0.500. The van der Waals surface area contributed by atoms with Crippen LogP contribution < -0.4 is 10.2 Å². The molecule has 0 amide bonds. The zero-order valence-electron chi connectivity index (χ0n) is 8.04. The third kappa shape index (κ3) is 2.45. The smallest absolute Gasteiger partial charge is 0.129 e. The number of anilines is 1. The summed E-state index contributed by atoms with van der Waals surface area (Å²) < 4.78 is 0.909. The summed E-state index contributed by atoms with van der Waals surface area (Å²) in [7, 11) is 0. The lowest BCUT2D eigenvalue weighted by Gasteiger charge is -2.20. The van der Waals surface area contributed by atoms with Gasteiger partial charge in [-0.3, -0.25) is 0 Å². The van der Waals surface area contributed by atoms with Crippen LogP contribution in [0.4, 0.5) is 5.82 Å². The van der Waals surface area contributed by atoms with Crippen molar-refractivity contribution in [3.05, 3.63) is 22.8 Å². The van der Waals surface area contributed by atoms with E-state index in [1.807, 2.05) is 12.1 Å². The summed E-state index contributed by atoms with van der Waals surface area (Å²) in [5, 5.41) is 3.38. The van der Waals surface area contributed by atoms with E-state index in [0.29, 0.717) is 0 Å². The van der Waals surface area contributed by atoms with Crippen LogP contribution in [0.25, 0.3) is 0 Å². The maximum atomic E-state index is 4.45. The van der Waals surface area contributed by atoms with Crippen molar-refractivity contribution in [1.29, 1.82) is 0 Å². The lowest BCUT2D eigenvalue weighted by molar-refractivity contribution is 0.724. The van der Waals surface area contributed by atoms with Crippen molar-refractivity contribution in [3.8, 4) is 0 Å². The van der Waals surface area contributed by atoms with Gasteiger partial charge in [-0.25, -0.2) is 4.98 Å². The van der Waals surface area contributed by atoms with Gasteiger partial charge < -0.3 is 10.2 Å². The van der Waals surface area contributed by atoms with Gasteiger partial charge in [0.25, 0.3) is 0 Å². The number of rotatable bonds is 1. The standard InChI is InChI=1S/C10H14BrN3/c11-9-3-1-4-10(13-9)14-7-2-5-12-6-8-14/h1,3-4,12H,2,5-8H2. The van der Waals surface area contributed by atoms with Crippen molar-refractivity contribution in [3.63, 3.8) is 0 Å². The quantitative estimate of drug-likeness (QED) is 0.774. The molecule has 3 nitrogen and oxygen atoms in total. The van der Waals surface area contributed by atoms with Gasteiger partial charge in [0.05, 0.1) is 0 Å². The van der Waals surface area contributed by atoms with Crippen molar-refractivity contribution in [1.82, 2.24) is 10.3 Å². The summed E-state index contributed by atoms with van der Waals surface area (Å²) in [6.45, 7) is 4.30. The highest BCUT2D eigenvalue weighted by Crippen LogP contribution is 2.15. The van der Waals surface area contributed by atoms with Gasteiger partial charge in [-0.2, -0.15) is 0 Å². The van der Waals surface area contributed by atoms with Crippen LogP contribution in [0.5, 0.6) is 0 Å². The molecule has 0 radical (unpaired) electrons. The van der Waals surface area contributed by atoms with Gasteiger partial charge in [0.15, 0.2) is 0 Å². The highest BCUT2D eigenvalue weighted by Gasteiger charge is 2.09. The van der Waals surface area contributed by atoms with E-state index >= 15 is 0 Å². The maximum Gasteiger partial charge on any atom is 0.129 e. The van der Waals surface area contributed by atoms with E-state index in [1.54, 1.807) is 0 Å². The summed E-state index contributed by atoms with van der Waals surface area (Å²) in [6.07, 6.45) is 1.19. The monoisotopic (exact) mass is 255 g/mol. The predicted molar refractivity (Wildman–Crippen MR) is 61.6 cm³/mol. The average Bonchev–Trinajstić information content (AvgIpc) is 2.45. The van der Waals surface area contributed by atoms with Crippen LogP contribution in [0.1, 0.15) is 6.42 Å². The molecule has 0 unspecified atom stereocenters. The third-order valence-electron chi connectivity index (χ3n) is 2.36. The molecule has 1 aromatic rings. The molecule has 0 bridgehead atoms. The van der Waals surface area contributed by atoms with E-state index in [2.05, 4.69) is 37.2 Å². The number of nitrogens with zero attached hydrogens (tertiary/aromatic N) is 2. The van der Waals surface area contributed by atoms with Gasteiger partial charge in [0.1, 0.15) is 10.4 Å². The Morgan fingerprint density at radius 1 is 1.29 bits per heavy atom. The molecule has 0 atom stereocenters. The van der Waals surface area contributed by atoms with Gasteiger partial charge in [-0.15, -0.1) is 0 Å². The first-order chi connectivity index (χ1) is 6.86. The van der Waals surface area contributed by atoms with Crippen LogP contribution in [-0.2, 0) is 0 Å². The second-order valence-electron chi connectivity index (χ2n) is 3.41. The van der Waals surface area contributed by atoms with E-state index in [0.717, 1.165) is 36.6 Å². The molecular weight excluding hydrogens is 242 g/mol. The third-order valence-corrected chi connectivity index (χ3v) is 2.81. The first-order valence-corrected chi connectivity index (χ1v) is 5.74. The Morgan fingerprint density at radius 2 is 2.21 bits per heavy atom. The van der Waals surface area contributed by atoms with Gasteiger partial charge in [-0.1, -0.05) is 6.07 Å². The second-order valence-corrected chi connectivity index (χ2v) is 4.22. The van der Waals surface area contributed by atoms with Gasteiger partial charge in [0.2, 0.25) is 0 Å². The second kappa shape index (κ2) is 4.75. The number of hydrogen-bond donors (Lipinski definition) is 1. The SMILES string of the molecule is Brc1cccc(N2CCCNCC2)n1. The minimum absolute atomic E-state index is 0.909. The van der Waals surface area contributed by atoms with Crippen molar-refractivity contribution in [2.45, 2.75) is 6.42 Å². The van der Waals surface area contributed by atoms with E-state index in [9.17, 15) is 0 Å². The zero-order chi connectivity index (χ0) is 9.80. The Morgan fingerprint density at radius 3 is 3.07 bits per heavy atom. The molecule has 1 saturated heterocycles. The molecule has 1 aliphatic rings. The lowest BCUT2D eigenvalue weighted by Crippen LogP contribution is -2.28. The number of nitrogens with one attached hydrogen (secondary N) is 1. The van der Waals surface area contributed by atoms with E-state index in [-0.39, 0.29) is 0 Å². The molecule has 0 saturated carbocycles. The molecule has 0 aliphatic carbocycles. The van der Waals surface area contributed by atoms with Gasteiger partial charge in [-0.05, 0) is 41.0 Å². The fourth-order valence-electron chi connectivity index (χ4n) is 1.65. The molecule has 2 heterocycles. The molecule has 0 aromatic carbocycles. The molecule has 0 spiro atoms. The summed E-state index contributed by atoms with van der Waals surface area (Å²) in [6, 6.07) is 6.06. The lowest BCUT2D eigenvalue weighted by atomic mass is 10.3. The fourth-order valence-corrected chi connectivity index (χ4v) is 1.98. The minimum Gasteiger partial charge on any atom is -0.355 e. The maximum absolute atomic E-state index is 4.45. The molecule has 1 aliphatic heterocycles. The summed E-state index contributed by atoms with van der Waals surface area (Å²) in [4.78, 5) is 6.78. The van der Waals surface area contributed by atoms with Crippen molar-refractivity contribution in [2.75, 3.05) is 31.1 Å². The van der Waals surface area contributed by atoms with Crippen LogP contribution in [0.2, 0.25) is 0 Å². The van der Waals surface area contributed by atoms with Crippen molar-refractivity contribution < 1.29 is 0 Å². The highest BCUT2D eigenvalue weighted by atomic mass is 79.9. The number of aromatic nitrogens is 1. The van der Waals surface area contributed by atoms with E-state index < -0.39 is 0 Å². The predicted octanol–water partition coefficient (Wildman–Crippen LogP) is 1.64. The van der Waals surface area contributed by atoms with Gasteiger partial charge in [0, 0.05) is 19.6 Å². The minimum atomic E-state index is 0.909. The molecule has 14 heavy (non-hydrogen) atoms. The van der Waals surface area contributed by atoms with Crippen molar-refractivity contribution >= 4 is 21.7 Å². The van der Waals surface area contributed by atoms with Crippen LogP contribution in [0, 0.1) is 0 Å². The Balaban J connectivity index is 2.12. The number of pyridine rings is 1. The normalized spacial score (nSPS) is 17.9. The largest absolute Gasteiger partial charge is 0.355 e. The number of halogens is 1. The van der Waals surface area contributed by atoms with E-state index in [1.165, 1.54) is 6.42 Å². The molecule has 1 fully saturated rings.